The minimum absolute atomic E-state index is 0.108. The van der Waals surface area contributed by atoms with Crippen molar-refractivity contribution in [3.8, 4) is 0 Å². The zero-order chi connectivity index (χ0) is 13.8. The molecule has 1 heterocycles. The number of carbonyl (C=O) groups excluding carboxylic acids is 1. The summed E-state index contributed by atoms with van der Waals surface area (Å²) in [4.78, 5) is 25.5. The van der Waals surface area contributed by atoms with Crippen molar-refractivity contribution in [1.29, 1.82) is 0 Å². The van der Waals surface area contributed by atoms with Gasteiger partial charge in [0.2, 0.25) is 5.91 Å². The Hall–Kier alpha value is -1.14. The summed E-state index contributed by atoms with van der Waals surface area (Å²) >= 11 is 2.93. The van der Waals surface area contributed by atoms with Gasteiger partial charge in [-0.05, 0) is 19.1 Å². The van der Waals surface area contributed by atoms with Crippen molar-refractivity contribution in [3.63, 3.8) is 0 Å². The second-order valence-corrected chi connectivity index (χ2v) is 6.37. The molecule has 0 aliphatic carbocycles. The normalized spacial score (nSPS) is 18.6. The predicted molar refractivity (Wildman–Crippen MR) is 77.5 cm³/mol. The van der Waals surface area contributed by atoms with Crippen LogP contribution in [0.4, 0.5) is 0 Å². The Balaban J connectivity index is 1.90. The van der Waals surface area contributed by atoms with Gasteiger partial charge in [0.25, 0.3) is 0 Å². The Bertz CT molecular complexity index is 475. The molecule has 1 amide bonds. The molecular weight excluding hydrogens is 282 g/mol. The third-order valence-electron chi connectivity index (χ3n) is 2.87. The molecule has 0 saturated carbocycles. The number of carboxylic acids is 1. The standard InChI is InChI=1S/C13H15NO3S2/c1-9-2-4-10(5-3-9)19-7-12(15)14-8-18-6-11(14)13(16)17/h2-5,11H,6-8H2,1H3,(H,16,17)/t11-/m0/s1. The highest BCUT2D eigenvalue weighted by Gasteiger charge is 2.34. The molecule has 6 heteroatoms. The van der Waals surface area contributed by atoms with Gasteiger partial charge < -0.3 is 10.0 Å². The lowest BCUT2D eigenvalue weighted by molar-refractivity contribution is -0.146. The van der Waals surface area contributed by atoms with Crippen molar-refractivity contribution in [3.05, 3.63) is 29.8 Å². The SMILES string of the molecule is Cc1ccc(SCC(=O)N2CSC[C@H]2C(=O)O)cc1. The van der Waals surface area contributed by atoms with Crippen LogP contribution in [0, 0.1) is 6.92 Å². The molecule has 0 radical (unpaired) electrons. The van der Waals surface area contributed by atoms with Gasteiger partial charge in [-0.2, -0.15) is 0 Å². The fraction of sp³-hybridized carbons (Fsp3) is 0.385. The van der Waals surface area contributed by atoms with Crippen LogP contribution in [0.3, 0.4) is 0 Å². The van der Waals surface area contributed by atoms with E-state index in [-0.39, 0.29) is 11.7 Å². The number of carboxylic acid groups (broad SMARTS) is 1. The van der Waals surface area contributed by atoms with Crippen molar-refractivity contribution in [1.82, 2.24) is 4.90 Å². The molecule has 0 spiro atoms. The second-order valence-electron chi connectivity index (χ2n) is 4.32. The number of thioether (sulfide) groups is 2. The molecule has 19 heavy (non-hydrogen) atoms. The number of aliphatic carboxylic acids is 1. The van der Waals surface area contributed by atoms with Crippen LogP contribution in [0.25, 0.3) is 0 Å². The lowest BCUT2D eigenvalue weighted by atomic mass is 10.2. The van der Waals surface area contributed by atoms with Crippen LogP contribution in [0.15, 0.2) is 29.2 Å². The lowest BCUT2D eigenvalue weighted by Gasteiger charge is -2.20. The van der Waals surface area contributed by atoms with E-state index in [2.05, 4.69) is 0 Å². The summed E-state index contributed by atoms with van der Waals surface area (Å²) in [5, 5.41) is 9.03. The van der Waals surface area contributed by atoms with Gasteiger partial charge in [0.05, 0.1) is 11.6 Å². The van der Waals surface area contributed by atoms with Crippen LogP contribution in [0.5, 0.6) is 0 Å². The van der Waals surface area contributed by atoms with E-state index in [1.165, 1.54) is 34.0 Å². The van der Waals surface area contributed by atoms with E-state index in [0.29, 0.717) is 11.6 Å². The largest absolute Gasteiger partial charge is 0.480 e. The minimum atomic E-state index is -0.918. The van der Waals surface area contributed by atoms with E-state index in [0.717, 1.165) is 4.90 Å². The predicted octanol–water partition coefficient (Wildman–Crippen LogP) is 2.07. The first kappa shape index (κ1) is 14.3. The molecule has 1 fully saturated rings. The first-order chi connectivity index (χ1) is 9.08. The van der Waals surface area contributed by atoms with E-state index in [9.17, 15) is 9.59 Å². The van der Waals surface area contributed by atoms with Crippen LogP contribution in [0.1, 0.15) is 5.56 Å². The van der Waals surface area contributed by atoms with Crippen LogP contribution < -0.4 is 0 Å². The third-order valence-corrected chi connectivity index (χ3v) is 4.88. The van der Waals surface area contributed by atoms with Gasteiger partial charge in [-0.15, -0.1) is 23.5 Å². The molecule has 0 bridgehead atoms. The highest BCUT2D eigenvalue weighted by Crippen LogP contribution is 2.24. The molecular formula is C13H15NO3S2. The number of carbonyl (C=O) groups is 2. The Labute approximate surface area is 120 Å². The van der Waals surface area contributed by atoms with E-state index in [1.54, 1.807) is 0 Å². The van der Waals surface area contributed by atoms with Gasteiger partial charge in [-0.25, -0.2) is 4.79 Å². The smallest absolute Gasteiger partial charge is 0.327 e. The fourth-order valence-corrected chi connectivity index (χ4v) is 3.71. The van der Waals surface area contributed by atoms with Crippen LogP contribution in [0.2, 0.25) is 0 Å². The monoisotopic (exact) mass is 297 g/mol. The Morgan fingerprint density at radius 3 is 2.74 bits per heavy atom. The van der Waals surface area contributed by atoms with Crippen molar-refractivity contribution in [2.24, 2.45) is 0 Å². The van der Waals surface area contributed by atoms with Crippen LogP contribution in [-0.4, -0.2) is 45.3 Å². The summed E-state index contributed by atoms with van der Waals surface area (Å²) in [6, 6.07) is 7.27. The van der Waals surface area contributed by atoms with Crippen LogP contribution >= 0.6 is 23.5 Å². The topological polar surface area (TPSA) is 57.6 Å². The number of amides is 1. The van der Waals surface area contributed by atoms with Gasteiger partial charge in [0.15, 0.2) is 0 Å². The molecule has 1 aromatic rings. The molecule has 1 saturated heterocycles. The number of aryl methyl sites for hydroxylation is 1. The number of rotatable bonds is 4. The maximum atomic E-state index is 12.0. The van der Waals surface area contributed by atoms with Crippen molar-refractivity contribution in [2.45, 2.75) is 17.9 Å². The van der Waals surface area contributed by atoms with Gasteiger partial charge in [-0.3, -0.25) is 4.79 Å². The minimum Gasteiger partial charge on any atom is -0.480 e. The number of nitrogens with zero attached hydrogens (tertiary/aromatic N) is 1. The van der Waals surface area contributed by atoms with Gasteiger partial charge in [-0.1, -0.05) is 17.7 Å². The van der Waals surface area contributed by atoms with Gasteiger partial charge in [0.1, 0.15) is 6.04 Å². The summed E-state index contributed by atoms with van der Waals surface area (Å²) in [6.45, 7) is 2.01. The highest BCUT2D eigenvalue weighted by molar-refractivity contribution is 8.00. The third kappa shape index (κ3) is 3.67. The number of hydrogen-bond donors (Lipinski definition) is 1. The van der Waals surface area contributed by atoms with E-state index in [1.807, 2.05) is 31.2 Å². The molecule has 102 valence electrons. The molecule has 1 aromatic carbocycles. The maximum absolute atomic E-state index is 12.0. The average Bonchev–Trinajstić information content (AvgIpc) is 2.87. The Morgan fingerprint density at radius 1 is 1.42 bits per heavy atom. The molecule has 1 aliphatic heterocycles. The van der Waals surface area contributed by atoms with Crippen molar-refractivity contribution in [2.75, 3.05) is 17.4 Å². The van der Waals surface area contributed by atoms with Gasteiger partial charge >= 0.3 is 5.97 Å². The molecule has 1 N–H and O–H groups in total. The van der Waals surface area contributed by atoms with Crippen molar-refractivity contribution < 1.29 is 14.7 Å². The second kappa shape index (κ2) is 6.34. The quantitative estimate of drug-likeness (QED) is 0.862. The summed E-state index contributed by atoms with van der Waals surface area (Å²) in [5.41, 5.74) is 1.18. The first-order valence-electron chi connectivity index (χ1n) is 5.87. The molecule has 0 unspecified atom stereocenters. The average molecular weight is 297 g/mol. The Kier molecular flexibility index (Phi) is 4.76. The summed E-state index contributed by atoms with van der Waals surface area (Å²) in [7, 11) is 0. The lowest BCUT2D eigenvalue weighted by Crippen LogP contribution is -2.42. The highest BCUT2D eigenvalue weighted by atomic mass is 32.2. The summed E-state index contributed by atoms with van der Waals surface area (Å²) < 4.78 is 0. The van der Waals surface area contributed by atoms with E-state index >= 15 is 0 Å². The molecule has 1 atom stereocenters. The number of benzene rings is 1. The zero-order valence-corrected chi connectivity index (χ0v) is 12.2. The number of hydrogen-bond acceptors (Lipinski definition) is 4. The first-order valence-corrected chi connectivity index (χ1v) is 8.01. The van der Waals surface area contributed by atoms with Gasteiger partial charge in [0, 0.05) is 10.6 Å². The van der Waals surface area contributed by atoms with E-state index in [4.69, 9.17) is 5.11 Å². The zero-order valence-electron chi connectivity index (χ0n) is 10.5. The van der Waals surface area contributed by atoms with Crippen LogP contribution in [-0.2, 0) is 9.59 Å². The maximum Gasteiger partial charge on any atom is 0.327 e. The molecule has 0 aromatic heterocycles. The van der Waals surface area contributed by atoms with E-state index < -0.39 is 12.0 Å². The molecule has 2 rings (SSSR count). The molecule has 1 aliphatic rings. The summed E-state index contributed by atoms with van der Waals surface area (Å²) in [6.07, 6.45) is 0. The Morgan fingerprint density at radius 2 is 2.11 bits per heavy atom. The summed E-state index contributed by atoms with van der Waals surface area (Å²) in [5.74, 6) is 0.218. The fourth-order valence-electron chi connectivity index (χ4n) is 1.76. The molecule has 4 nitrogen and oxygen atoms in total. The van der Waals surface area contributed by atoms with Crippen molar-refractivity contribution >= 4 is 35.4 Å².